The zero-order valence-electron chi connectivity index (χ0n) is 17.8. The molecule has 2 aliphatic heterocycles. The van der Waals surface area contributed by atoms with Crippen LogP contribution in [-0.4, -0.2) is 31.1 Å². The van der Waals surface area contributed by atoms with Gasteiger partial charge in [-0.25, -0.2) is 4.85 Å². The molecular formula is C26H22Cl3N3O. The minimum atomic E-state index is 0.100. The van der Waals surface area contributed by atoms with Gasteiger partial charge in [-0.15, -0.1) is 0 Å². The smallest absolute Gasteiger partial charge is 0.190 e. The molecule has 0 aliphatic carbocycles. The Kier molecular flexibility index (Phi) is 6.40. The summed E-state index contributed by atoms with van der Waals surface area (Å²) < 4.78 is 5.90. The average Bonchev–Trinajstić information content (AvgIpc) is 2.83. The molecule has 0 aromatic heterocycles. The van der Waals surface area contributed by atoms with Crippen LogP contribution in [0.5, 0.6) is 5.75 Å². The lowest BCUT2D eigenvalue weighted by atomic mass is 9.94. The maximum Gasteiger partial charge on any atom is 0.190 e. The molecular weight excluding hydrogens is 477 g/mol. The third-order valence-electron chi connectivity index (χ3n) is 6.46. The van der Waals surface area contributed by atoms with Gasteiger partial charge in [0.1, 0.15) is 5.75 Å². The molecule has 1 saturated heterocycles. The van der Waals surface area contributed by atoms with Gasteiger partial charge in [-0.05, 0) is 42.0 Å². The summed E-state index contributed by atoms with van der Waals surface area (Å²) in [5.41, 5.74) is 3.93. The monoisotopic (exact) mass is 497 g/mol. The van der Waals surface area contributed by atoms with Crippen LogP contribution >= 0.6 is 34.8 Å². The third kappa shape index (κ3) is 4.52. The van der Waals surface area contributed by atoms with E-state index in [2.05, 4.69) is 26.8 Å². The SMILES string of the molecule is [C-]#[N+]c1ccc2c(c1)OCC[C@H]2N1CCN(c2ccc(Cl)cc2Cl)[C@H](c2ccc(Cl)cc2)C1. The number of piperazine rings is 1. The van der Waals surface area contributed by atoms with Gasteiger partial charge >= 0.3 is 0 Å². The van der Waals surface area contributed by atoms with Crippen LogP contribution in [0.15, 0.2) is 60.7 Å². The molecule has 3 aromatic rings. The third-order valence-corrected chi connectivity index (χ3v) is 7.25. The van der Waals surface area contributed by atoms with E-state index < -0.39 is 0 Å². The van der Waals surface area contributed by atoms with Crippen molar-refractivity contribution in [3.63, 3.8) is 0 Å². The number of rotatable bonds is 3. The van der Waals surface area contributed by atoms with Crippen molar-refractivity contribution in [2.75, 3.05) is 31.1 Å². The molecule has 0 N–H and O–H groups in total. The van der Waals surface area contributed by atoms with Crippen molar-refractivity contribution in [1.29, 1.82) is 0 Å². The van der Waals surface area contributed by atoms with E-state index in [1.165, 1.54) is 5.56 Å². The van der Waals surface area contributed by atoms with E-state index in [0.29, 0.717) is 22.3 Å². The van der Waals surface area contributed by atoms with E-state index in [4.69, 9.17) is 46.1 Å². The van der Waals surface area contributed by atoms with E-state index >= 15 is 0 Å². The number of fused-ring (bicyclic) bond motifs is 1. The first-order chi connectivity index (χ1) is 16.0. The van der Waals surface area contributed by atoms with Crippen molar-refractivity contribution >= 4 is 46.2 Å². The summed E-state index contributed by atoms with van der Waals surface area (Å²) in [7, 11) is 0. The minimum absolute atomic E-state index is 0.100. The molecule has 2 heterocycles. The second kappa shape index (κ2) is 9.44. The summed E-state index contributed by atoms with van der Waals surface area (Å²) in [4.78, 5) is 8.44. The molecule has 0 unspecified atom stereocenters. The van der Waals surface area contributed by atoms with Crippen molar-refractivity contribution in [3.05, 3.63) is 98.3 Å². The molecule has 4 nitrogen and oxygen atoms in total. The van der Waals surface area contributed by atoms with Gasteiger partial charge in [0.15, 0.2) is 5.69 Å². The molecule has 33 heavy (non-hydrogen) atoms. The Hall–Kier alpha value is -2.42. The van der Waals surface area contributed by atoms with E-state index in [9.17, 15) is 0 Å². The normalized spacial score (nSPS) is 20.6. The average molecular weight is 499 g/mol. The molecule has 2 atom stereocenters. The molecule has 0 bridgehead atoms. The van der Waals surface area contributed by atoms with E-state index in [1.54, 1.807) is 6.07 Å². The van der Waals surface area contributed by atoms with Gasteiger partial charge in [0.2, 0.25) is 0 Å². The highest BCUT2D eigenvalue weighted by molar-refractivity contribution is 6.36. The summed E-state index contributed by atoms with van der Waals surface area (Å²) in [5, 5.41) is 2.00. The van der Waals surface area contributed by atoms with E-state index in [0.717, 1.165) is 48.1 Å². The summed E-state index contributed by atoms with van der Waals surface area (Å²) >= 11 is 19.0. The number of benzene rings is 3. The lowest BCUT2D eigenvalue weighted by Gasteiger charge is -2.47. The van der Waals surface area contributed by atoms with Crippen LogP contribution in [0.2, 0.25) is 15.1 Å². The van der Waals surface area contributed by atoms with Gasteiger partial charge in [0.25, 0.3) is 0 Å². The van der Waals surface area contributed by atoms with Crippen LogP contribution in [0.3, 0.4) is 0 Å². The second-order valence-electron chi connectivity index (χ2n) is 8.34. The Morgan fingerprint density at radius 3 is 2.42 bits per heavy atom. The number of halogens is 3. The van der Waals surface area contributed by atoms with Gasteiger partial charge in [-0.2, -0.15) is 0 Å². The zero-order chi connectivity index (χ0) is 22.9. The molecule has 0 saturated carbocycles. The number of hydrogen-bond acceptors (Lipinski definition) is 3. The first kappa shape index (κ1) is 22.4. The summed E-state index contributed by atoms with van der Waals surface area (Å²) in [6, 6.07) is 19.9. The molecule has 168 valence electrons. The number of nitrogens with zero attached hydrogens (tertiary/aromatic N) is 3. The fourth-order valence-corrected chi connectivity index (χ4v) is 5.51. The van der Waals surface area contributed by atoms with Crippen LogP contribution in [-0.2, 0) is 0 Å². The zero-order valence-corrected chi connectivity index (χ0v) is 20.1. The van der Waals surface area contributed by atoms with Crippen LogP contribution < -0.4 is 9.64 Å². The Labute approximate surface area is 209 Å². The highest BCUT2D eigenvalue weighted by atomic mass is 35.5. The topological polar surface area (TPSA) is 20.1 Å². The van der Waals surface area contributed by atoms with Crippen molar-refractivity contribution in [2.45, 2.75) is 18.5 Å². The molecule has 5 rings (SSSR count). The van der Waals surface area contributed by atoms with Crippen molar-refractivity contribution in [2.24, 2.45) is 0 Å². The molecule has 7 heteroatoms. The van der Waals surface area contributed by atoms with Crippen LogP contribution in [0.4, 0.5) is 11.4 Å². The Balaban J connectivity index is 1.49. The largest absolute Gasteiger partial charge is 0.494 e. The fraction of sp³-hybridized carbons (Fsp3) is 0.269. The van der Waals surface area contributed by atoms with Crippen molar-refractivity contribution in [3.8, 4) is 5.75 Å². The first-order valence-corrected chi connectivity index (χ1v) is 12.0. The molecule has 3 aromatic carbocycles. The summed E-state index contributed by atoms with van der Waals surface area (Å²) in [5.74, 6) is 0.825. The fourth-order valence-electron chi connectivity index (χ4n) is 4.87. The lowest BCUT2D eigenvalue weighted by molar-refractivity contribution is 0.117. The Morgan fingerprint density at radius 2 is 1.67 bits per heavy atom. The highest BCUT2D eigenvalue weighted by Gasteiger charge is 2.35. The lowest BCUT2D eigenvalue weighted by Crippen LogP contribution is -2.50. The predicted octanol–water partition coefficient (Wildman–Crippen LogP) is 7.58. The van der Waals surface area contributed by atoms with Gasteiger partial charge in [0, 0.05) is 47.7 Å². The maximum atomic E-state index is 7.30. The quantitative estimate of drug-likeness (QED) is 0.347. The van der Waals surface area contributed by atoms with Gasteiger partial charge < -0.3 is 9.64 Å². The molecule has 0 radical (unpaired) electrons. The molecule has 2 aliphatic rings. The Morgan fingerprint density at radius 1 is 0.879 bits per heavy atom. The van der Waals surface area contributed by atoms with Crippen LogP contribution in [0, 0.1) is 6.57 Å². The van der Waals surface area contributed by atoms with Crippen molar-refractivity contribution < 1.29 is 4.74 Å². The Bertz CT molecular complexity index is 1210. The maximum absolute atomic E-state index is 7.30. The molecule has 0 spiro atoms. The van der Waals surface area contributed by atoms with E-state index in [-0.39, 0.29) is 12.1 Å². The summed E-state index contributed by atoms with van der Waals surface area (Å²) in [6.45, 7) is 10.5. The second-order valence-corrected chi connectivity index (χ2v) is 9.62. The first-order valence-electron chi connectivity index (χ1n) is 10.9. The predicted molar refractivity (Wildman–Crippen MR) is 135 cm³/mol. The number of anilines is 1. The van der Waals surface area contributed by atoms with E-state index in [1.807, 2.05) is 42.5 Å². The summed E-state index contributed by atoms with van der Waals surface area (Å²) in [6.07, 6.45) is 0.916. The van der Waals surface area contributed by atoms with Gasteiger partial charge in [-0.3, -0.25) is 4.90 Å². The molecule has 1 fully saturated rings. The number of hydrogen-bond donors (Lipinski definition) is 0. The molecule has 0 amide bonds. The van der Waals surface area contributed by atoms with Gasteiger partial charge in [-0.1, -0.05) is 59.1 Å². The highest BCUT2D eigenvalue weighted by Crippen LogP contribution is 2.42. The standard InChI is InChI=1S/C26H22Cl3N3O/c1-30-20-7-8-21-23(10-13-33-26(21)15-20)31-11-12-32(24-9-6-19(28)14-22(24)29)25(16-31)17-2-4-18(27)5-3-17/h2-9,14-15,23,25H,10-13,16H2/t23-,25+/m1/s1. The van der Waals surface area contributed by atoms with Crippen LogP contribution in [0.25, 0.3) is 4.85 Å². The van der Waals surface area contributed by atoms with Crippen LogP contribution in [0.1, 0.15) is 29.6 Å². The van der Waals surface area contributed by atoms with Crippen molar-refractivity contribution in [1.82, 2.24) is 4.90 Å². The minimum Gasteiger partial charge on any atom is -0.494 e. The number of ether oxygens (including phenoxy) is 1. The van der Waals surface area contributed by atoms with Gasteiger partial charge in [0.05, 0.1) is 29.9 Å².